The van der Waals surface area contributed by atoms with Gasteiger partial charge in [-0.05, 0) is 37.5 Å². The topological polar surface area (TPSA) is 104 Å². The van der Waals surface area contributed by atoms with E-state index in [0.29, 0.717) is 30.3 Å². The van der Waals surface area contributed by atoms with Crippen LogP contribution < -0.4 is 16.4 Å². The third-order valence-corrected chi connectivity index (χ3v) is 3.24. The number of carboxylic acids is 1. The summed E-state index contributed by atoms with van der Waals surface area (Å²) in [6.45, 7) is 2.22. The zero-order valence-corrected chi connectivity index (χ0v) is 11.4. The summed E-state index contributed by atoms with van der Waals surface area (Å²) < 4.78 is 0. The van der Waals surface area contributed by atoms with Gasteiger partial charge in [-0.3, -0.25) is 4.79 Å². The van der Waals surface area contributed by atoms with Gasteiger partial charge in [0, 0.05) is 30.4 Å². The van der Waals surface area contributed by atoms with Crippen molar-refractivity contribution in [2.75, 3.05) is 17.6 Å². The number of rotatable bonds is 6. The number of aromatic carboxylic acids is 1. The number of benzene rings is 1. The van der Waals surface area contributed by atoms with Crippen molar-refractivity contribution in [1.82, 2.24) is 5.32 Å². The van der Waals surface area contributed by atoms with Crippen LogP contribution in [0, 0.1) is 6.92 Å². The van der Waals surface area contributed by atoms with E-state index in [9.17, 15) is 9.59 Å². The summed E-state index contributed by atoms with van der Waals surface area (Å²) in [6, 6.07) is 3.63. The first-order valence-corrected chi connectivity index (χ1v) is 6.64. The molecular weight excluding hydrogens is 258 g/mol. The van der Waals surface area contributed by atoms with Crippen molar-refractivity contribution in [2.24, 2.45) is 0 Å². The van der Waals surface area contributed by atoms with E-state index in [1.54, 1.807) is 13.0 Å². The monoisotopic (exact) mass is 277 g/mol. The predicted octanol–water partition coefficient (Wildman–Crippen LogP) is 1.36. The maximum absolute atomic E-state index is 11.5. The molecule has 0 bridgehead atoms. The molecule has 1 fully saturated rings. The first kappa shape index (κ1) is 14.2. The van der Waals surface area contributed by atoms with Crippen LogP contribution in [-0.4, -0.2) is 29.6 Å². The van der Waals surface area contributed by atoms with Crippen LogP contribution in [0.3, 0.4) is 0 Å². The van der Waals surface area contributed by atoms with Crippen LogP contribution in [0.25, 0.3) is 0 Å². The van der Waals surface area contributed by atoms with E-state index in [2.05, 4.69) is 10.6 Å². The summed E-state index contributed by atoms with van der Waals surface area (Å²) >= 11 is 0. The molecule has 0 aliphatic heterocycles. The zero-order chi connectivity index (χ0) is 14.7. The molecule has 1 aliphatic carbocycles. The van der Waals surface area contributed by atoms with Gasteiger partial charge in [0.25, 0.3) is 0 Å². The molecule has 6 nitrogen and oxygen atoms in total. The summed E-state index contributed by atoms with van der Waals surface area (Å²) in [4.78, 5) is 22.6. The highest BCUT2D eigenvalue weighted by Gasteiger charge is 2.22. The maximum atomic E-state index is 11.5. The number of carbonyl (C=O) groups is 2. The van der Waals surface area contributed by atoms with E-state index in [0.717, 1.165) is 12.8 Å². The molecule has 0 saturated heterocycles. The van der Waals surface area contributed by atoms with Crippen LogP contribution in [0.1, 0.15) is 35.2 Å². The summed E-state index contributed by atoms with van der Waals surface area (Å²) in [5.74, 6) is -1.04. The third kappa shape index (κ3) is 3.63. The Morgan fingerprint density at radius 3 is 2.70 bits per heavy atom. The Hall–Kier alpha value is -2.24. The fourth-order valence-electron chi connectivity index (χ4n) is 1.93. The molecule has 5 N–H and O–H groups in total. The minimum absolute atomic E-state index is 0.0191. The van der Waals surface area contributed by atoms with Gasteiger partial charge >= 0.3 is 5.97 Å². The second-order valence-corrected chi connectivity index (χ2v) is 5.08. The molecule has 1 amide bonds. The summed E-state index contributed by atoms with van der Waals surface area (Å²) in [6.07, 6.45) is 2.50. The summed E-state index contributed by atoms with van der Waals surface area (Å²) in [5.41, 5.74) is 7.43. The normalized spacial score (nSPS) is 13.8. The molecule has 2 rings (SSSR count). The molecule has 0 unspecified atom stereocenters. The summed E-state index contributed by atoms with van der Waals surface area (Å²) in [7, 11) is 0. The minimum atomic E-state index is -1.05. The van der Waals surface area contributed by atoms with Crippen molar-refractivity contribution in [3.05, 3.63) is 23.3 Å². The number of hydrogen-bond acceptors (Lipinski definition) is 4. The van der Waals surface area contributed by atoms with E-state index in [1.807, 2.05) is 0 Å². The van der Waals surface area contributed by atoms with Gasteiger partial charge in [0.2, 0.25) is 5.91 Å². The molecule has 1 saturated carbocycles. The Bertz CT molecular complexity index is 539. The Morgan fingerprint density at radius 2 is 2.10 bits per heavy atom. The largest absolute Gasteiger partial charge is 0.478 e. The lowest BCUT2D eigenvalue weighted by Crippen LogP contribution is -2.27. The molecule has 0 aromatic heterocycles. The van der Waals surface area contributed by atoms with Crippen molar-refractivity contribution < 1.29 is 14.7 Å². The van der Waals surface area contributed by atoms with Gasteiger partial charge in [-0.25, -0.2) is 4.79 Å². The third-order valence-electron chi connectivity index (χ3n) is 3.24. The van der Waals surface area contributed by atoms with Crippen molar-refractivity contribution in [3.8, 4) is 0 Å². The number of hydrogen-bond donors (Lipinski definition) is 4. The molecular formula is C14H19N3O3. The van der Waals surface area contributed by atoms with Crippen molar-refractivity contribution >= 4 is 23.3 Å². The van der Waals surface area contributed by atoms with Gasteiger partial charge in [-0.1, -0.05) is 0 Å². The Morgan fingerprint density at radius 1 is 1.40 bits per heavy atom. The maximum Gasteiger partial charge on any atom is 0.337 e. The molecule has 0 spiro atoms. The lowest BCUT2D eigenvalue weighted by Gasteiger charge is -2.11. The first-order chi connectivity index (χ1) is 9.47. The van der Waals surface area contributed by atoms with Crippen LogP contribution in [-0.2, 0) is 4.79 Å². The molecule has 108 valence electrons. The SMILES string of the molecule is Cc1cc(NCCC(=O)NC2CC2)cc(C(=O)O)c1N. The lowest BCUT2D eigenvalue weighted by molar-refractivity contribution is -0.120. The highest BCUT2D eigenvalue weighted by molar-refractivity contribution is 5.95. The zero-order valence-electron chi connectivity index (χ0n) is 11.4. The molecule has 20 heavy (non-hydrogen) atoms. The van der Waals surface area contributed by atoms with Gasteiger partial charge in [0.05, 0.1) is 5.56 Å². The predicted molar refractivity (Wildman–Crippen MR) is 76.8 cm³/mol. The fraction of sp³-hybridized carbons (Fsp3) is 0.429. The van der Waals surface area contributed by atoms with Crippen LogP contribution in [0.2, 0.25) is 0 Å². The van der Waals surface area contributed by atoms with Crippen LogP contribution >= 0.6 is 0 Å². The van der Waals surface area contributed by atoms with Gasteiger partial charge in [0.1, 0.15) is 0 Å². The number of nitrogens with two attached hydrogens (primary N) is 1. The van der Waals surface area contributed by atoms with E-state index < -0.39 is 5.97 Å². The average molecular weight is 277 g/mol. The number of nitrogen functional groups attached to an aromatic ring is 1. The van der Waals surface area contributed by atoms with Gasteiger partial charge < -0.3 is 21.5 Å². The van der Waals surface area contributed by atoms with E-state index in [1.165, 1.54) is 6.07 Å². The number of aryl methyl sites for hydroxylation is 1. The van der Waals surface area contributed by atoms with Crippen LogP contribution in [0.5, 0.6) is 0 Å². The summed E-state index contributed by atoms with van der Waals surface area (Å²) in [5, 5.41) is 15.0. The van der Waals surface area contributed by atoms with Crippen molar-refractivity contribution in [2.45, 2.75) is 32.2 Å². The number of amides is 1. The fourth-order valence-corrected chi connectivity index (χ4v) is 1.93. The minimum Gasteiger partial charge on any atom is -0.478 e. The van der Waals surface area contributed by atoms with Crippen LogP contribution in [0.15, 0.2) is 12.1 Å². The van der Waals surface area contributed by atoms with Gasteiger partial charge in [-0.2, -0.15) is 0 Å². The lowest BCUT2D eigenvalue weighted by atomic mass is 10.1. The molecule has 1 aliphatic rings. The van der Waals surface area contributed by atoms with Crippen molar-refractivity contribution in [3.63, 3.8) is 0 Å². The van der Waals surface area contributed by atoms with E-state index in [4.69, 9.17) is 10.8 Å². The smallest absolute Gasteiger partial charge is 0.337 e. The standard InChI is InChI=1S/C14H19N3O3/c1-8-6-10(7-11(13(8)15)14(19)20)16-5-4-12(18)17-9-2-3-9/h6-7,9,16H,2-5,15H2,1H3,(H,17,18)(H,19,20). The second-order valence-electron chi connectivity index (χ2n) is 5.08. The van der Waals surface area contributed by atoms with E-state index >= 15 is 0 Å². The molecule has 1 aromatic rings. The average Bonchev–Trinajstić information content (AvgIpc) is 3.16. The van der Waals surface area contributed by atoms with E-state index in [-0.39, 0.29) is 17.2 Å². The molecule has 0 heterocycles. The Balaban J connectivity index is 1.91. The second kappa shape index (κ2) is 5.81. The van der Waals surface area contributed by atoms with Crippen molar-refractivity contribution in [1.29, 1.82) is 0 Å². The highest BCUT2D eigenvalue weighted by atomic mass is 16.4. The quantitative estimate of drug-likeness (QED) is 0.588. The number of anilines is 2. The molecule has 0 radical (unpaired) electrons. The van der Waals surface area contributed by atoms with Gasteiger partial charge in [0.15, 0.2) is 0 Å². The number of nitrogens with one attached hydrogen (secondary N) is 2. The van der Waals surface area contributed by atoms with Crippen LogP contribution in [0.4, 0.5) is 11.4 Å². The molecule has 6 heteroatoms. The molecule has 0 atom stereocenters. The Labute approximate surface area is 117 Å². The number of carbonyl (C=O) groups excluding carboxylic acids is 1. The Kier molecular flexibility index (Phi) is 4.12. The first-order valence-electron chi connectivity index (χ1n) is 6.64. The number of carboxylic acid groups (broad SMARTS) is 1. The van der Waals surface area contributed by atoms with Gasteiger partial charge in [-0.15, -0.1) is 0 Å². The molecule has 1 aromatic carbocycles. The highest BCUT2D eigenvalue weighted by Crippen LogP contribution is 2.23.